The number of benzene rings is 1. The molecule has 3 nitrogen and oxygen atoms in total. The van der Waals surface area contributed by atoms with E-state index in [1.54, 1.807) is 30.3 Å². The molecule has 2 rings (SSSR count). The van der Waals surface area contributed by atoms with Crippen LogP contribution in [0.25, 0.3) is 5.69 Å². The number of Topliss-reactive ketones (excluding diaryl/α,β-unsaturated/α-hetero) is 1. The van der Waals surface area contributed by atoms with Crippen molar-refractivity contribution in [1.82, 2.24) is 9.55 Å². The van der Waals surface area contributed by atoms with Gasteiger partial charge in [-0.3, -0.25) is 9.36 Å². The Bertz CT molecular complexity index is 531. The minimum Gasteiger partial charge on any atom is -0.297 e. The van der Waals surface area contributed by atoms with Gasteiger partial charge in [-0.05, 0) is 12.1 Å². The molecule has 0 aliphatic heterocycles. The third-order valence-electron chi connectivity index (χ3n) is 2.14. The normalized spacial score (nSPS) is 11.5. The Morgan fingerprint density at radius 3 is 2.41 bits per heavy atom. The van der Waals surface area contributed by atoms with Crippen molar-refractivity contribution in [3.63, 3.8) is 0 Å². The number of rotatable bonds is 2. The van der Waals surface area contributed by atoms with E-state index in [4.69, 9.17) is 0 Å². The van der Waals surface area contributed by atoms with E-state index in [-0.39, 0.29) is 0 Å². The molecule has 0 aliphatic rings. The summed E-state index contributed by atoms with van der Waals surface area (Å²) in [5, 5.41) is 0. The lowest BCUT2D eigenvalue weighted by Crippen LogP contribution is -2.26. The molecule has 17 heavy (non-hydrogen) atoms. The highest BCUT2D eigenvalue weighted by Gasteiger charge is 2.42. The van der Waals surface area contributed by atoms with Gasteiger partial charge in [0.2, 0.25) is 0 Å². The van der Waals surface area contributed by atoms with E-state index in [1.165, 1.54) is 6.20 Å². The number of para-hydroxylation sites is 1. The number of imidazole rings is 1. The molecule has 0 bridgehead atoms. The number of hydrogen-bond acceptors (Lipinski definition) is 2. The van der Waals surface area contributed by atoms with Crippen molar-refractivity contribution in [3.8, 4) is 5.69 Å². The molecule has 0 saturated carbocycles. The molecule has 1 heterocycles. The topological polar surface area (TPSA) is 34.9 Å². The summed E-state index contributed by atoms with van der Waals surface area (Å²) in [5.41, 5.74) is 0.456. The summed E-state index contributed by atoms with van der Waals surface area (Å²) >= 11 is 0. The molecule has 0 spiro atoms. The van der Waals surface area contributed by atoms with Crippen molar-refractivity contribution in [3.05, 3.63) is 48.5 Å². The SMILES string of the molecule is O=C(c1nccn1-c1ccccc1)C(F)(F)F. The predicted molar refractivity (Wildman–Crippen MR) is 53.9 cm³/mol. The van der Waals surface area contributed by atoms with Crippen molar-refractivity contribution in [2.24, 2.45) is 0 Å². The van der Waals surface area contributed by atoms with E-state index in [9.17, 15) is 18.0 Å². The van der Waals surface area contributed by atoms with Gasteiger partial charge in [-0.1, -0.05) is 18.2 Å². The predicted octanol–water partition coefficient (Wildman–Crippen LogP) is 2.62. The number of ketones is 1. The molecule has 2 aromatic rings. The molecule has 6 heteroatoms. The van der Waals surface area contributed by atoms with Crippen LogP contribution in [0, 0.1) is 0 Å². The first-order valence-electron chi connectivity index (χ1n) is 4.70. The molecule has 0 unspecified atom stereocenters. The Morgan fingerprint density at radius 2 is 1.82 bits per heavy atom. The Balaban J connectivity index is 2.46. The second kappa shape index (κ2) is 4.04. The number of nitrogens with zero attached hydrogens (tertiary/aromatic N) is 2. The summed E-state index contributed by atoms with van der Waals surface area (Å²) in [5.74, 6) is -2.59. The van der Waals surface area contributed by atoms with Crippen molar-refractivity contribution in [1.29, 1.82) is 0 Å². The molecule has 0 N–H and O–H groups in total. The molecule has 0 fully saturated rings. The number of carbonyl (C=O) groups excluding carboxylic acids is 1. The quantitative estimate of drug-likeness (QED) is 0.756. The van der Waals surface area contributed by atoms with Crippen LogP contribution in [-0.4, -0.2) is 21.5 Å². The minimum atomic E-state index is -4.92. The van der Waals surface area contributed by atoms with Gasteiger partial charge in [-0.2, -0.15) is 13.2 Å². The van der Waals surface area contributed by atoms with E-state index in [2.05, 4.69) is 4.98 Å². The highest BCUT2D eigenvalue weighted by Crippen LogP contribution is 2.22. The Hall–Kier alpha value is -2.11. The highest BCUT2D eigenvalue weighted by atomic mass is 19.4. The molecule has 0 amide bonds. The Labute approximate surface area is 94.5 Å². The molecule has 88 valence electrons. The molecular weight excluding hydrogens is 233 g/mol. The van der Waals surface area contributed by atoms with Crippen LogP contribution in [0.3, 0.4) is 0 Å². The average Bonchev–Trinajstić information content (AvgIpc) is 2.76. The van der Waals surface area contributed by atoms with Crippen LogP contribution in [0.2, 0.25) is 0 Å². The van der Waals surface area contributed by atoms with Crippen LogP contribution in [0.4, 0.5) is 13.2 Å². The number of alkyl halides is 3. The largest absolute Gasteiger partial charge is 0.458 e. The van der Waals surface area contributed by atoms with E-state index in [1.807, 2.05) is 0 Å². The van der Waals surface area contributed by atoms with Gasteiger partial charge in [-0.15, -0.1) is 0 Å². The lowest BCUT2D eigenvalue weighted by molar-refractivity contribution is -0.0892. The maximum Gasteiger partial charge on any atom is 0.458 e. The molecule has 1 aromatic heterocycles. The zero-order valence-electron chi connectivity index (χ0n) is 8.48. The standard InChI is InChI=1S/C11H7F3N2O/c12-11(13,14)9(17)10-15-6-7-16(10)8-4-2-1-3-5-8/h1-7H. The lowest BCUT2D eigenvalue weighted by Gasteiger charge is -2.08. The molecule has 0 aliphatic carbocycles. The average molecular weight is 240 g/mol. The fraction of sp³-hybridized carbons (Fsp3) is 0.0909. The van der Waals surface area contributed by atoms with E-state index < -0.39 is 17.8 Å². The zero-order chi connectivity index (χ0) is 12.5. The van der Waals surface area contributed by atoms with E-state index in [0.29, 0.717) is 5.69 Å². The molecular formula is C11H7F3N2O. The highest BCUT2D eigenvalue weighted by molar-refractivity contribution is 5.97. The first-order chi connectivity index (χ1) is 8.00. The van der Waals surface area contributed by atoms with Crippen LogP contribution >= 0.6 is 0 Å². The van der Waals surface area contributed by atoms with Crippen LogP contribution in [0.5, 0.6) is 0 Å². The summed E-state index contributed by atoms with van der Waals surface area (Å²) in [6, 6.07) is 8.24. The first-order valence-corrected chi connectivity index (χ1v) is 4.70. The fourth-order valence-corrected chi connectivity index (χ4v) is 1.40. The third kappa shape index (κ3) is 2.20. The smallest absolute Gasteiger partial charge is 0.297 e. The van der Waals surface area contributed by atoms with Crippen molar-refractivity contribution in [2.45, 2.75) is 6.18 Å². The second-order valence-corrected chi connectivity index (χ2v) is 3.28. The maximum atomic E-state index is 12.3. The van der Waals surface area contributed by atoms with Crippen LogP contribution in [-0.2, 0) is 0 Å². The van der Waals surface area contributed by atoms with Gasteiger partial charge >= 0.3 is 12.0 Å². The summed E-state index contributed by atoms with van der Waals surface area (Å²) in [6.07, 6.45) is -2.45. The Kier molecular flexibility index (Phi) is 2.71. The first kappa shape index (κ1) is 11.4. The molecule has 0 radical (unpaired) electrons. The number of hydrogen-bond donors (Lipinski definition) is 0. The summed E-state index contributed by atoms with van der Waals surface area (Å²) < 4.78 is 38.0. The van der Waals surface area contributed by atoms with Crippen LogP contribution in [0.15, 0.2) is 42.7 Å². The fourth-order valence-electron chi connectivity index (χ4n) is 1.40. The summed E-state index contributed by atoms with van der Waals surface area (Å²) in [4.78, 5) is 14.6. The Morgan fingerprint density at radius 1 is 1.18 bits per heavy atom. The van der Waals surface area contributed by atoms with Crippen LogP contribution < -0.4 is 0 Å². The third-order valence-corrected chi connectivity index (χ3v) is 2.14. The minimum absolute atomic E-state index is 0.456. The summed E-state index contributed by atoms with van der Waals surface area (Å²) in [7, 11) is 0. The molecule has 0 saturated heterocycles. The van der Waals surface area contributed by atoms with E-state index in [0.717, 1.165) is 10.8 Å². The summed E-state index contributed by atoms with van der Waals surface area (Å²) in [6.45, 7) is 0. The van der Waals surface area contributed by atoms with Crippen molar-refractivity contribution < 1.29 is 18.0 Å². The van der Waals surface area contributed by atoms with Gasteiger partial charge in [0.05, 0.1) is 0 Å². The second-order valence-electron chi connectivity index (χ2n) is 3.28. The number of halogens is 3. The van der Waals surface area contributed by atoms with Gasteiger partial charge < -0.3 is 0 Å². The van der Waals surface area contributed by atoms with Gasteiger partial charge in [0.25, 0.3) is 0 Å². The van der Waals surface area contributed by atoms with Crippen LogP contribution in [0.1, 0.15) is 10.6 Å². The lowest BCUT2D eigenvalue weighted by atomic mass is 10.3. The van der Waals surface area contributed by atoms with Crippen molar-refractivity contribution in [2.75, 3.05) is 0 Å². The monoisotopic (exact) mass is 240 g/mol. The number of carbonyl (C=O) groups is 1. The van der Waals surface area contributed by atoms with Crippen molar-refractivity contribution >= 4 is 5.78 Å². The molecule has 0 atom stereocenters. The van der Waals surface area contributed by atoms with Gasteiger partial charge in [0.15, 0.2) is 5.82 Å². The van der Waals surface area contributed by atoms with E-state index >= 15 is 0 Å². The van der Waals surface area contributed by atoms with Gasteiger partial charge in [-0.25, -0.2) is 4.98 Å². The van der Waals surface area contributed by atoms with Gasteiger partial charge in [0, 0.05) is 18.1 Å². The maximum absolute atomic E-state index is 12.3. The number of aromatic nitrogens is 2. The zero-order valence-corrected chi connectivity index (χ0v) is 8.48. The molecule has 1 aromatic carbocycles. The van der Waals surface area contributed by atoms with Gasteiger partial charge in [0.1, 0.15) is 0 Å².